The highest BCUT2D eigenvalue weighted by atomic mass is 32.2. The number of carbonyl (C=O) groups is 1. The average Bonchev–Trinajstić information content (AvgIpc) is 2.96. The van der Waals surface area contributed by atoms with Gasteiger partial charge in [0.15, 0.2) is 0 Å². The van der Waals surface area contributed by atoms with Crippen LogP contribution >= 0.6 is 0 Å². The molecule has 0 radical (unpaired) electrons. The van der Waals surface area contributed by atoms with Crippen LogP contribution in [0.2, 0.25) is 0 Å². The maximum atomic E-state index is 13.1. The molecule has 0 spiro atoms. The first kappa shape index (κ1) is 21.9. The molecule has 1 heterocycles. The molecule has 28 heavy (non-hydrogen) atoms. The summed E-state index contributed by atoms with van der Waals surface area (Å²) in [6.45, 7) is 12.3. The molecule has 0 aliphatic rings. The first-order valence-electron chi connectivity index (χ1n) is 9.33. The summed E-state index contributed by atoms with van der Waals surface area (Å²) in [5.74, 6) is 0.0270. The van der Waals surface area contributed by atoms with Crippen molar-refractivity contribution < 1.29 is 13.2 Å². The highest BCUT2D eigenvalue weighted by Gasteiger charge is 2.25. The second kappa shape index (κ2) is 9.19. The Morgan fingerprint density at radius 3 is 2.64 bits per heavy atom. The summed E-state index contributed by atoms with van der Waals surface area (Å²) in [6.07, 6.45) is 3.21. The van der Waals surface area contributed by atoms with E-state index in [4.69, 9.17) is 0 Å². The van der Waals surface area contributed by atoms with Crippen LogP contribution in [-0.2, 0) is 33.5 Å². The number of amides is 1. The van der Waals surface area contributed by atoms with Crippen LogP contribution in [0.1, 0.15) is 37.6 Å². The summed E-state index contributed by atoms with van der Waals surface area (Å²) in [6, 6.07) is 7.47. The number of sulfone groups is 1. The largest absolute Gasteiger partial charge is 0.333 e. The number of nitrogens with zero attached hydrogens (tertiary/aromatic N) is 3. The molecule has 0 atom stereocenters. The number of hydrogen-bond donors (Lipinski definition) is 0. The van der Waals surface area contributed by atoms with Crippen molar-refractivity contribution in [1.82, 2.24) is 14.5 Å². The lowest BCUT2D eigenvalue weighted by Gasteiger charge is -2.21. The second-order valence-electron chi connectivity index (χ2n) is 7.47. The zero-order valence-corrected chi connectivity index (χ0v) is 17.9. The summed E-state index contributed by atoms with van der Waals surface area (Å²) in [4.78, 5) is 17.7. The number of imidazole rings is 1. The number of rotatable bonds is 9. The molecule has 2 rings (SSSR count). The first-order valence-corrected chi connectivity index (χ1v) is 11.0. The van der Waals surface area contributed by atoms with E-state index in [1.165, 1.54) is 6.92 Å². The summed E-state index contributed by atoms with van der Waals surface area (Å²) in [7, 11) is -3.63. The van der Waals surface area contributed by atoms with E-state index in [-0.39, 0.29) is 22.7 Å². The fourth-order valence-electron chi connectivity index (χ4n) is 3.07. The van der Waals surface area contributed by atoms with Crippen LogP contribution in [0.3, 0.4) is 0 Å². The first-order chi connectivity index (χ1) is 13.1. The minimum Gasteiger partial charge on any atom is -0.333 e. The minimum atomic E-state index is -3.63. The molecule has 152 valence electrons. The lowest BCUT2D eigenvalue weighted by Crippen LogP contribution is -2.30. The monoisotopic (exact) mass is 403 g/mol. The van der Waals surface area contributed by atoms with Gasteiger partial charge in [-0.05, 0) is 18.4 Å². The second-order valence-corrected chi connectivity index (χ2v) is 9.36. The molecule has 0 saturated heterocycles. The Hall–Kier alpha value is -2.41. The van der Waals surface area contributed by atoms with E-state index >= 15 is 0 Å². The molecule has 6 nitrogen and oxygen atoms in total. The highest BCUT2D eigenvalue weighted by Crippen LogP contribution is 2.20. The van der Waals surface area contributed by atoms with Gasteiger partial charge in [0.1, 0.15) is 0 Å². The van der Waals surface area contributed by atoms with Gasteiger partial charge >= 0.3 is 0 Å². The number of aromatic nitrogens is 2. The number of carbonyl (C=O) groups excluding carboxylic acids is 1. The lowest BCUT2D eigenvalue weighted by atomic mass is 10.2. The topological polar surface area (TPSA) is 72.3 Å². The van der Waals surface area contributed by atoms with Crippen molar-refractivity contribution in [3.8, 4) is 0 Å². The van der Waals surface area contributed by atoms with Crippen LogP contribution < -0.4 is 0 Å². The van der Waals surface area contributed by atoms with E-state index in [0.29, 0.717) is 25.3 Å². The van der Waals surface area contributed by atoms with Crippen molar-refractivity contribution in [3.63, 3.8) is 0 Å². The van der Waals surface area contributed by atoms with Crippen molar-refractivity contribution in [2.45, 2.75) is 51.7 Å². The standard InChI is InChI=1S/C21H29N3O3S/c1-6-10-23(18(5)25)14-20-12-22-21(24(20)13-16(2)3)28(26,27)15-19-9-7-8-17(4)11-19/h6-9,11-12,16H,1,10,13-15H2,2-5H3. The quantitative estimate of drug-likeness (QED) is 0.602. The van der Waals surface area contributed by atoms with Crippen LogP contribution in [0.15, 0.2) is 48.3 Å². The molecule has 0 bridgehead atoms. The number of aryl methyl sites for hydroxylation is 1. The van der Waals surface area contributed by atoms with Crippen LogP contribution in [0.4, 0.5) is 0 Å². The van der Waals surface area contributed by atoms with Crippen LogP contribution in [0.25, 0.3) is 0 Å². The Morgan fingerprint density at radius 2 is 2.07 bits per heavy atom. The third-order valence-corrected chi connectivity index (χ3v) is 5.91. The molecule has 0 fully saturated rings. The summed E-state index contributed by atoms with van der Waals surface area (Å²) in [5, 5.41) is 0.0554. The van der Waals surface area contributed by atoms with E-state index < -0.39 is 9.84 Å². The Labute approximate surface area is 167 Å². The Morgan fingerprint density at radius 1 is 1.36 bits per heavy atom. The van der Waals surface area contributed by atoms with Crippen molar-refractivity contribution >= 4 is 15.7 Å². The van der Waals surface area contributed by atoms with Gasteiger partial charge in [0.2, 0.25) is 20.9 Å². The SMILES string of the molecule is C=CCN(Cc1cnc(S(=O)(=O)Cc2cccc(C)c2)n1CC(C)C)C(C)=O. The summed E-state index contributed by atoms with van der Waals surface area (Å²) >= 11 is 0. The van der Waals surface area contributed by atoms with Crippen LogP contribution in [0, 0.1) is 12.8 Å². The predicted molar refractivity (Wildman–Crippen MR) is 110 cm³/mol. The molecule has 0 saturated carbocycles. The molecule has 0 aliphatic heterocycles. The molecule has 0 aliphatic carbocycles. The Kier molecular flexibility index (Phi) is 7.18. The van der Waals surface area contributed by atoms with Crippen molar-refractivity contribution in [2.75, 3.05) is 6.54 Å². The van der Waals surface area contributed by atoms with Crippen molar-refractivity contribution in [3.05, 3.63) is 59.9 Å². The highest BCUT2D eigenvalue weighted by molar-refractivity contribution is 7.90. The molecule has 7 heteroatoms. The minimum absolute atomic E-state index is 0.0554. The zero-order valence-electron chi connectivity index (χ0n) is 17.1. The fourth-order valence-corrected chi connectivity index (χ4v) is 4.56. The Balaban J connectivity index is 2.41. The maximum Gasteiger partial charge on any atom is 0.228 e. The van der Waals surface area contributed by atoms with E-state index in [9.17, 15) is 13.2 Å². The van der Waals surface area contributed by atoms with Gasteiger partial charge in [-0.3, -0.25) is 4.79 Å². The lowest BCUT2D eigenvalue weighted by molar-refractivity contribution is -0.128. The zero-order chi connectivity index (χ0) is 20.9. The van der Waals surface area contributed by atoms with Crippen molar-refractivity contribution in [2.24, 2.45) is 5.92 Å². The number of benzene rings is 1. The van der Waals surface area contributed by atoms with Gasteiger partial charge in [-0.25, -0.2) is 13.4 Å². The van der Waals surface area contributed by atoms with E-state index in [0.717, 1.165) is 11.1 Å². The number of hydrogen-bond acceptors (Lipinski definition) is 4. The molecule has 1 aromatic carbocycles. The van der Waals surface area contributed by atoms with Gasteiger partial charge in [0, 0.05) is 20.0 Å². The molecule has 1 aromatic heterocycles. The van der Waals surface area contributed by atoms with Gasteiger partial charge in [-0.2, -0.15) is 0 Å². The molecular formula is C21H29N3O3S. The fraction of sp³-hybridized carbons (Fsp3) is 0.429. The van der Waals surface area contributed by atoms with Gasteiger partial charge < -0.3 is 9.47 Å². The molecule has 0 unspecified atom stereocenters. The molecular weight excluding hydrogens is 374 g/mol. The van der Waals surface area contributed by atoms with Crippen LogP contribution in [-0.4, -0.2) is 35.3 Å². The van der Waals surface area contributed by atoms with Crippen LogP contribution in [0.5, 0.6) is 0 Å². The molecule has 1 amide bonds. The smallest absolute Gasteiger partial charge is 0.228 e. The average molecular weight is 404 g/mol. The summed E-state index contributed by atoms with van der Waals surface area (Å²) in [5.41, 5.74) is 2.45. The predicted octanol–water partition coefficient (Wildman–Crippen LogP) is 3.36. The molecule has 2 aromatic rings. The molecule has 0 N–H and O–H groups in total. The maximum absolute atomic E-state index is 13.1. The normalized spacial score (nSPS) is 11.6. The van der Waals surface area contributed by atoms with Gasteiger partial charge in [-0.1, -0.05) is 49.8 Å². The Bertz CT molecular complexity index is 946. The van der Waals surface area contributed by atoms with Gasteiger partial charge in [-0.15, -0.1) is 6.58 Å². The van der Waals surface area contributed by atoms with E-state index in [1.807, 2.05) is 45.0 Å². The third kappa shape index (κ3) is 5.55. The van der Waals surface area contributed by atoms with Gasteiger partial charge in [0.05, 0.1) is 24.2 Å². The third-order valence-electron chi connectivity index (χ3n) is 4.31. The van der Waals surface area contributed by atoms with Crippen molar-refractivity contribution in [1.29, 1.82) is 0 Å². The van der Waals surface area contributed by atoms with E-state index in [2.05, 4.69) is 11.6 Å². The van der Waals surface area contributed by atoms with Gasteiger partial charge in [0.25, 0.3) is 0 Å². The summed E-state index contributed by atoms with van der Waals surface area (Å²) < 4.78 is 27.9. The van der Waals surface area contributed by atoms with E-state index in [1.54, 1.807) is 21.7 Å².